The lowest BCUT2D eigenvalue weighted by molar-refractivity contribution is -0.402. The zero-order valence-electron chi connectivity index (χ0n) is 11.3. The molecule has 7 heteroatoms. The molecule has 1 aromatic heterocycles. The Morgan fingerprint density at radius 2 is 2.00 bits per heavy atom. The molecule has 2 rings (SSSR count). The van der Waals surface area contributed by atoms with Crippen LogP contribution in [0.25, 0.3) is 0 Å². The molecule has 0 saturated carbocycles. The van der Waals surface area contributed by atoms with Gasteiger partial charge < -0.3 is 14.8 Å². The van der Waals surface area contributed by atoms with E-state index in [1.807, 2.05) is 6.07 Å². The minimum absolute atomic E-state index is 0.0512. The van der Waals surface area contributed by atoms with Gasteiger partial charge in [0.25, 0.3) is 5.91 Å². The van der Waals surface area contributed by atoms with Crippen molar-refractivity contribution in [2.24, 2.45) is 0 Å². The summed E-state index contributed by atoms with van der Waals surface area (Å²) in [5.74, 6) is -1.31. The largest absolute Gasteiger partial charge is 0.433 e. The van der Waals surface area contributed by atoms with Gasteiger partial charge in [-0.3, -0.25) is 14.9 Å². The lowest BCUT2D eigenvalue weighted by Gasteiger charge is -2.23. The van der Waals surface area contributed by atoms with Crippen molar-refractivity contribution < 1.29 is 19.2 Å². The number of hydrogen-bond acceptors (Lipinski definition) is 5. The standard InChI is InChI=1S/C14H14N2O5/c1-14(18,10-5-3-2-4-6-10)9-15-13(17)11-7-8-12(21-11)16(19)20/h2-8,18H,9H2,1H3,(H,15,17). The van der Waals surface area contributed by atoms with E-state index in [1.165, 1.54) is 6.07 Å². The molecule has 0 aliphatic rings. The molecule has 0 aliphatic carbocycles. The number of nitrogens with one attached hydrogen (secondary N) is 1. The van der Waals surface area contributed by atoms with Crippen molar-refractivity contribution in [1.82, 2.24) is 5.32 Å². The van der Waals surface area contributed by atoms with Gasteiger partial charge in [-0.15, -0.1) is 0 Å². The van der Waals surface area contributed by atoms with E-state index in [-0.39, 0.29) is 12.3 Å². The first-order valence-electron chi connectivity index (χ1n) is 6.20. The number of hydrogen-bond donors (Lipinski definition) is 2. The minimum atomic E-state index is -1.25. The molecule has 1 atom stereocenters. The van der Waals surface area contributed by atoms with Crippen molar-refractivity contribution in [3.8, 4) is 0 Å². The fourth-order valence-electron chi connectivity index (χ4n) is 1.79. The molecule has 2 N–H and O–H groups in total. The second kappa shape index (κ2) is 5.76. The van der Waals surface area contributed by atoms with Crippen LogP contribution in [0.2, 0.25) is 0 Å². The number of carbonyl (C=O) groups is 1. The Hall–Kier alpha value is -2.67. The van der Waals surface area contributed by atoms with Gasteiger partial charge in [-0.05, 0) is 18.6 Å². The Bertz CT molecular complexity index is 648. The van der Waals surface area contributed by atoms with Gasteiger partial charge in [-0.25, -0.2) is 0 Å². The Kier molecular flexibility index (Phi) is 4.04. The number of rotatable bonds is 5. The maximum Gasteiger partial charge on any atom is 0.433 e. The van der Waals surface area contributed by atoms with Crippen molar-refractivity contribution in [1.29, 1.82) is 0 Å². The highest BCUT2D eigenvalue weighted by molar-refractivity contribution is 5.91. The summed E-state index contributed by atoms with van der Waals surface area (Å²) in [7, 11) is 0. The van der Waals surface area contributed by atoms with E-state index in [2.05, 4.69) is 5.32 Å². The number of aliphatic hydroxyl groups is 1. The number of nitrogens with zero attached hydrogens (tertiary/aromatic N) is 1. The molecule has 0 aliphatic heterocycles. The van der Waals surface area contributed by atoms with E-state index in [0.29, 0.717) is 5.56 Å². The van der Waals surface area contributed by atoms with Crippen LogP contribution in [-0.4, -0.2) is 22.5 Å². The second-order valence-electron chi connectivity index (χ2n) is 4.72. The topological polar surface area (TPSA) is 106 Å². The summed E-state index contributed by atoms with van der Waals surface area (Å²) in [5.41, 5.74) is -0.606. The highest BCUT2D eigenvalue weighted by atomic mass is 16.6. The Balaban J connectivity index is 2.01. The summed E-state index contributed by atoms with van der Waals surface area (Å²) >= 11 is 0. The van der Waals surface area contributed by atoms with E-state index in [0.717, 1.165) is 6.07 Å². The smallest absolute Gasteiger partial charge is 0.395 e. The highest BCUT2D eigenvalue weighted by Crippen LogP contribution is 2.20. The second-order valence-corrected chi connectivity index (χ2v) is 4.72. The first-order valence-corrected chi connectivity index (χ1v) is 6.20. The van der Waals surface area contributed by atoms with Crippen LogP contribution in [0.3, 0.4) is 0 Å². The number of nitro groups is 1. The molecule has 0 radical (unpaired) electrons. The third-order valence-corrected chi connectivity index (χ3v) is 2.98. The van der Waals surface area contributed by atoms with Crippen molar-refractivity contribution in [3.05, 3.63) is 63.9 Å². The monoisotopic (exact) mass is 290 g/mol. The van der Waals surface area contributed by atoms with E-state index < -0.39 is 22.3 Å². The molecule has 1 amide bonds. The quantitative estimate of drug-likeness (QED) is 0.645. The molecule has 1 unspecified atom stereocenters. The Morgan fingerprint density at radius 1 is 1.33 bits per heavy atom. The molecule has 1 heterocycles. The average Bonchev–Trinajstić information content (AvgIpc) is 2.96. The lowest BCUT2D eigenvalue weighted by Crippen LogP contribution is -2.38. The number of benzene rings is 1. The summed E-state index contributed by atoms with van der Waals surface area (Å²) in [6, 6.07) is 11.2. The summed E-state index contributed by atoms with van der Waals surface area (Å²) in [4.78, 5) is 21.6. The van der Waals surface area contributed by atoms with Gasteiger partial charge in [0.1, 0.15) is 10.5 Å². The van der Waals surface area contributed by atoms with E-state index in [1.54, 1.807) is 31.2 Å². The third-order valence-electron chi connectivity index (χ3n) is 2.98. The normalized spacial score (nSPS) is 13.4. The van der Waals surface area contributed by atoms with Crippen molar-refractivity contribution in [2.75, 3.05) is 6.54 Å². The molecule has 0 bridgehead atoms. The molecule has 0 spiro atoms. The summed E-state index contributed by atoms with van der Waals surface area (Å²) in [6.45, 7) is 1.51. The van der Waals surface area contributed by atoms with Gasteiger partial charge in [0.15, 0.2) is 5.76 Å². The number of carbonyl (C=O) groups excluding carboxylic acids is 1. The first kappa shape index (κ1) is 14.7. The molecule has 7 nitrogen and oxygen atoms in total. The predicted octanol–water partition coefficient (Wildman–Crippen LogP) is 1.83. The van der Waals surface area contributed by atoms with Crippen LogP contribution in [0.1, 0.15) is 23.0 Å². The zero-order valence-corrected chi connectivity index (χ0v) is 11.3. The molecule has 21 heavy (non-hydrogen) atoms. The van der Waals surface area contributed by atoms with Crippen LogP contribution < -0.4 is 5.32 Å². The molecular weight excluding hydrogens is 276 g/mol. The zero-order chi connectivity index (χ0) is 15.5. The minimum Gasteiger partial charge on any atom is -0.395 e. The van der Waals surface area contributed by atoms with Gasteiger partial charge >= 0.3 is 5.88 Å². The fraction of sp³-hybridized carbons (Fsp3) is 0.214. The van der Waals surface area contributed by atoms with Gasteiger partial charge in [0.2, 0.25) is 0 Å². The third kappa shape index (κ3) is 3.46. The molecule has 2 aromatic rings. The van der Waals surface area contributed by atoms with E-state index in [4.69, 9.17) is 4.42 Å². The van der Waals surface area contributed by atoms with Crippen LogP contribution in [0.5, 0.6) is 0 Å². The van der Waals surface area contributed by atoms with E-state index >= 15 is 0 Å². The SMILES string of the molecule is CC(O)(CNC(=O)c1ccc([N+](=O)[O-])o1)c1ccccc1. The van der Waals surface area contributed by atoms with Gasteiger partial charge in [0, 0.05) is 0 Å². The van der Waals surface area contributed by atoms with Gasteiger partial charge in [-0.2, -0.15) is 0 Å². The maximum atomic E-state index is 11.8. The Morgan fingerprint density at radius 3 is 2.57 bits per heavy atom. The molecule has 1 aromatic carbocycles. The maximum absolute atomic E-state index is 11.8. The number of amides is 1. The first-order chi connectivity index (χ1) is 9.90. The fourth-order valence-corrected chi connectivity index (χ4v) is 1.79. The van der Waals surface area contributed by atoms with Crippen LogP contribution in [-0.2, 0) is 5.60 Å². The molecule has 0 saturated heterocycles. The predicted molar refractivity (Wildman–Crippen MR) is 73.7 cm³/mol. The number of furan rings is 1. The summed E-state index contributed by atoms with van der Waals surface area (Å²) in [6.07, 6.45) is 0. The van der Waals surface area contributed by atoms with E-state index in [9.17, 15) is 20.0 Å². The van der Waals surface area contributed by atoms with Gasteiger partial charge in [-0.1, -0.05) is 30.3 Å². The van der Waals surface area contributed by atoms with Crippen molar-refractivity contribution >= 4 is 11.8 Å². The molecule has 110 valence electrons. The van der Waals surface area contributed by atoms with Crippen molar-refractivity contribution in [2.45, 2.75) is 12.5 Å². The lowest BCUT2D eigenvalue weighted by atomic mass is 9.96. The van der Waals surface area contributed by atoms with Crippen LogP contribution in [0, 0.1) is 10.1 Å². The molecular formula is C14H14N2O5. The van der Waals surface area contributed by atoms with Crippen molar-refractivity contribution in [3.63, 3.8) is 0 Å². The van der Waals surface area contributed by atoms with Crippen LogP contribution in [0.4, 0.5) is 5.88 Å². The van der Waals surface area contributed by atoms with Crippen LogP contribution in [0.15, 0.2) is 46.9 Å². The summed E-state index contributed by atoms with van der Waals surface area (Å²) in [5, 5.41) is 23.3. The Labute approximate surface area is 120 Å². The average molecular weight is 290 g/mol. The molecule has 0 fully saturated rings. The van der Waals surface area contributed by atoms with Crippen LogP contribution >= 0.6 is 0 Å². The summed E-state index contributed by atoms with van der Waals surface area (Å²) < 4.78 is 4.79. The highest BCUT2D eigenvalue weighted by Gasteiger charge is 2.25. The van der Waals surface area contributed by atoms with Gasteiger partial charge in [0.05, 0.1) is 12.6 Å².